The number of hydrogen-bond acceptors (Lipinski definition) is 3. The van der Waals surface area contributed by atoms with Gasteiger partial charge in [0.1, 0.15) is 5.82 Å². The van der Waals surface area contributed by atoms with Gasteiger partial charge in [0.2, 0.25) is 0 Å². The average molecular weight is 268 g/mol. The van der Waals surface area contributed by atoms with Crippen LogP contribution in [0, 0.1) is 5.82 Å². The largest absolute Gasteiger partial charge is 0.369 e. The summed E-state index contributed by atoms with van der Waals surface area (Å²) in [5.74, 6) is -0.193. The van der Waals surface area contributed by atoms with Crippen LogP contribution in [0.25, 0.3) is 0 Å². The highest BCUT2D eigenvalue weighted by Crippen LogP contribution is 2.33. The number of hydrogen-bond donors (Lipinski definition) is 1. The number of benzene rings is 1. The molecule has 0 bridgehead atoms. The lowest BCUT2D eigenvalue weighted by atomic mass is 10.0. The van der Waals surface area contributed by atoms with Crippen LogP contribution in [0.5, 0.6) is 0 Å². The molecular formula is C14H21FN2S. The van der Waals surface area contributed by atoms with E-state index in [1.54, 1.807) is 6.07 Å². The van der Waals surface area contributed by atoms with Crippen molar-refractivity contribution >= 4 is 17.4 Å². The minimum absolute atomic E-state index is 0.193. The summed E-state index contributed by atoms with van der Waals surface area (Å²) < 4.78 is 13.9. The van der Waals surface area contributed by atoms with Gasteiger partial charge in [-0.05, 0) is 19.1 Å². The van der Waals surface area contributed by atoms with Gasteiger partial charge in [-0.2, -0.15) is 11.8 Å². The fourth-order valence-corrected chi connectivity index (χ4v) is 3.95. The summed E-state index contributed by atoms with van der Waals surface area (Å²) in [6.45, 7) is 8.19. The molecule has 18 heavy (non-hydrogen) atoms. The van der Waals surface area contributed by atoms with Crippen LogP contribution in [-0.2, 0) is 0 Å². The fourth-order valence-electron chi connectivity index (χ4n) is 2.63. The molecule has 100 valence electrons. The van der Waals surface area contributed by atoms with Gasteiger partial charge in [-0.25, -0.2) is 4.39 Å². The molecule has 1 aromatic rings. The Morgan fingerprint density at radius 3 is 2.50 bits per heavy atom. The predicted molar refractivity (Wildman–Crippen MR) is 77.7 cm³/mol. The zero-order chi connectivity index (χ0) is 13.3. The van der Waals surface area contributed by atoms with E-state index in [1.807, 2.05) is 24.8 Å². The summed E-state index contributed by atoms with van der Waals surface area (Å²) in [4.78, 5) is 2.27. The number of halogens is 1. The van der Waals surface area contributed by atoms with Gasteiger partial charge in [0.15, 0.2) is 0 Å². The van der Waals surface area contributed by atoms with Crippen molar-refractivity contribution < 1.29 is 4.39 Å². The van der Waals surface area contributed by atoms with Crippen molar-refractivity contribution in [2.75, 3.05) is 18.0 Å². The number of anilines is 1. The minimum Gasteiger partial charge on any atom is -0.369 e. The first-order chi connectivity index (χ1) is 8.49. The first kappa shape index (κ1) is 13.7. The number of rotatable bonds is 2. The third-order valence-corrected chi connectivity index (χ3v) is 4.47. The molecule has 1 heterocycles. The van der Waals surface area contributed by atoms with Gasteiger partial charge >= 0.3 is 0 Å². The van der Waals surface area contributed by atoms with E-state index in [0.29, 0.717) is 16.1 Å². The smallest absolute Gasteiger partial charge is 0.130 e. The summed E-state index contributed by atoms with van der Waals surface area (Å²) in [5, 5.41) is 1.14. The Balaban J connectivity index is 2.35. The van der Waals surface area contributed by atoms with Crippen LogP contribution in [0.1, 0.15) is 32.4 Å². The van der Waals surface area contributed by atoms with Crippen LogP contribution < -0.4 is 10.6 Å². The third-order valence-electron chi connectivity index (χ3n) is 3.25. The van der Waals surface area contributed by atoms with E-state index < -0.39 is 0 Å². The Bertz CT molecular complexity index is 412. The van der Waals surface area contributed by atoms with E-state index in [1.165, 1.54) is 6.07 Å². The van der Waals surface area contributed by atoms with Gasteiger partial charge in [0.25, 0.3) is 0 Å². The lowest BCUT2D eigenvalue weighted by Crippen LogP contribution is -2.41. The van der Waals surface area contributed by atoms with E-state index in [4.69, 9.17) is 5.73 Å². The van der Waals surface area contributed by atoms with Gasteiger partial charge in [-0.15, -0.1) is 0 Å². The number of thioether (sulfide) groups is 1. The van der Waals surface area contributed by atoms with Crippen molar-refractivity contribution in [3.63, 3.8) is 0 Å². The highest BCUT2D eigenvalue weighted by atomic mass is 32.2. The van der Waals surface area contributed by atoms with Crippen LogP contribution in [0.3, 0.4) is 0 Å². The predicted octanol–water partition coefficient (Wildman–Crippen LogP) is 3.18. The maximum atomic E-state index is 13.9. The lowest BCUT2D eigenvalue weighted by molar-refractivity contribution is 0.590. The molecule has 1 aliphatic heterocycles. The van der Waals surface area contributed by atoms with Crippen LogP contribution >= 0.6 is 11.8 Å². The third kappa shape index (κ3) is 2.81. The van der Waals surface area contributed by atoms with Crippen molar-refractivity contribution in [2.24, 2.45) is 5.73 Å². The molecule has 1 fully saturated rings. The van der Waals surface area contributed by atoms with Crippen molar-refractivity contribution in [1.29, 1.82) is 0 Å². The average Bonchev–Trinajstić information content (AvgIpc) is 2.26. The maximum Gasteiger partial charge on any atom is 0.130 e. The SMILES string of the molecule is CC1CN(c2cccc(F)c2C(C)N)CC(C)S1. The fraction of sp³-hybridized carbons (Fsp3) is 0.571. The lowest BCUT2D eigenvalue weighted by Gasteiger charge is -2.37. The summed E-state index contributed by atoms with van der Waals surface area (Å²) in [5.41, 5.74) is 7.52. The summed E-state index contributed by atoms with van der Waals surface area (Å²) in [7, 11) is 0. The minimum atomic E-state index is -0.276. The van der Waals surface area contributed by atoms with E-state index in [-0.39, 0.29) is 11.9 Å². The second-order valence-corrected chi connectivity index (χ2v) is 7.01. The zero-order valence-corrected chi connectivity index (χ0v) is 12.0. The molecule has 0 aromatic heterocycles. The molecule has 1 saturated heterocycles. The summed E-state index contributed by atoms with van der Waals surface area (Å²) in [6, 6.07) is 4.97. The molecule has 3 unspecified atom stereocenters. The first-order valence-corrected chi connectivity index (χ1v) is 7.37. The Hall–Kier alpha value is -0.740. The van der Waals surface area contributed by atoms with E-state index in [0.717, 1.165) is 18.8 Å². The van der Waals surface area contributed by atoms with E-state index in [2.05, 4.69) is 18.7 Å². The van der Waals surface area contributed by atoms with Crippen LogP contribution in [0.15, 0.2) is 18.2 Å². The molecule has 4 heteroatoms. The van der Waals surface area contributed by atoms with Gasteiger partial charge in [-0.3, -0.25) is 0 Å². The molecule has 1 aromatic carbocycles. The Morgan fingerprint density at radius 1 is 1.33 bits per heavy atom. The van der Waals surface area contributed by atoms with E-state index in [9.17, 15) is 4.39 Å². The first-order valence-electron chi connectivity index (χ1n) is 6.43. The van der Waals surface area contributed by atoms with Crippen LogP contribution in [0.2, 0.25) is 0 Å². The quantitative estimate of drug-likeness (QED) is 0.893. The highest BCUT2D eigenvalue weighted by Gasteiger charge is 2.25. The molecule has 2 rings (SSSR count). The Kier molecular flexibility index (Phi) is 4.17. The van der Waals surface area contributed by atoms with Crippen molar-refractivity contribution in [2.45, 2.75) is 37.3 Å². The summed E-state index contributed by atoms with van der Waals surface area (Å²) >= 11 is 1.99. The molecule has 0 spiro atoms. The second-order valence-electron chi connectivity index (χ2n) is 5.12. The Morgan fingerprint density at radius 2 is 1.94 bits per heavy atom. The van der Waals surface area contributed by atoms with Gasteiger partial charge in [0, 0.05) is 40.9 Å². The number of nitrogens with two attached hydrogens (primary N) is 1. The van der Waals surface area contributed by atoms with Crippen LogP contribution in [0.4, 0.5) is 10.1 Å². The van der Waals surface area contributed by atoms with Crippen molar-refractivity contribution in [3.05, 3.63) is 29.6 Å². The number of nitrogens with zero attached hydrogens (tertiary/aromatic N) is 1. The Labute approximate surface area is 113 Å². The molecule has 0 amide bonds. The monoisotopic (exact) mass is 268 g/mol. The molecule has 2 nitrogen and oxygen atoms in total. The molecule has 0 radical (unpaired) electrons. The highest BCUT2D eigenvalue weighted by molar-refractivity contribution is 8.00. The van der Waals surface area contributed by atoms with Crippen molar-refractivity contribution in [3.8, 4) is 0 Å². The molecular weight excluding hydrogens is 247 g/mol. The molecule has 3 atom stereocenters. The molecule has 2 N–H and O–H groups in total. The van der Waals surface area contributed by atoms with Crippen molar-refractivity contribution in [1.82, 2.24) is 0 Å². The topological polar surface area (TPSA) is 29.3 Å². The maximum absolute atomic E-state index is 13.9. The second kappa shape index (κ2) is 5.49. The molecule has 0 aliphatic carbocycles. The van der Waals surface area contributed by atoms with Gasteiger partial charge in [0.05, 0.1) is 0 Å². The van der Waals surface area contributed by atoms with Gasteiger partial charge < -0.3 is 10.6 Å². The normalized spacial score (nSPS) is 26.2. The molecule has 0 saturated carbocycles. The zero-order valence-electron chi connectivity index (χ0n) is 11.2. The molecule has 1 aliphatic rings. The van der Waals surface area contributed by atoms with E-state index >= 15 is 0 Å². The van der Waals surface area contributed by atoms with Crippen LogP contribution in [-0.4, -0.2) is 23.6 Å². The summed E-state index contributed by atoms with van der Waals surface area (Å²) in [6.07, 6.45) is 0. The standard InChI is InChI=1S/C14H21FN2S/c1-9-7-17(8-10(2)18-9)13-6-4-5-12(15)14(13)11(3)16/h4-6,9-11H,7-8,16H2,1-3H3. The van der Waals surface area contributed by atoms with Gasteiger partial charge in [-0.1, -0.05) is 19.9 Å².